The Morgan fingerprint density at radius 2 is 1.59 bits per heavy atom. The molecule has 0 aliphatic rings. The van der Waals surface area contributed by atoms with Crippen molar-refractivity contribution in [1.29, 1.82) is 5.41 Å². The van der Waals surface area contributed by atoms with Crippen LogP contribution in [0.15, 0.2) is 60.7 Å². The highest BCUT2D eigenvalue weighted by Crippen LogP contribution is 2.26. The van der Waals surface area contributed by atoms with E-state index in [2.05, 4.69) is 0 Å². The lowest BCUT2D eigenvalue weighted by Gasteiger charge is -2.07. The van der Waals surface area contributed by atoms with Gasteiger partial charge in [0.1, 0.15) is 5.02 Å². The molecule has 1 N–H and O–H groups in total. The summed E-state index contributed by atoms with van der Waals surface area (Å²) >= 11 is 5.81. The van der Waals surface area contributed by atoms with Gasteiger partial charge in [-0.05, 0) is 22.9 Å². The topological polar surface area (TPSA) is 67.0 Å². The second kappa shape index (κ2) is 5.58. The maximum absolute atomic E-state index is 11.0. The van der Waals surface area contributed by atoms with Crippen LogP contribution in [0.1, 0.15) is 11.1 Å². The molecule has 0 unspecified atom stereocenters. The van der Waals surface area contributed by atoms with Gasteiger partial charge in [-0.2, -0.15) is 0 Å². The molecule has 0 saturated carbocycles. The first-order valence-electron chi connectivity index (χ1n) is 6.58. The van der Waals surface area contributed by atoms with Crippen molar-refractivity contribution in [2.75, 3.05) is 0 Å². The Labute approximate surface area is 131 Å². The van der Waals surface area contributed by atoms with Gasteiger partial charge in [0.05, 0.1) is 10.6 Å². The van der Waals surface area contributed by atoms with E-state index < -0.39 is 4.92 Å². The Morgan fingerprint density at radius 3 is 2.32 bits per heavy atom. The van der Waals surface area contributed by atoms with Crippen molar-refractivity contribution in [1.82, 2.24) is 0 Å². The number of rotatable bonds is 3. The highest BCUT2D eigenvalue weighted by atomic mass is 35.5. The third-order valence-electron chi connectivity index (χ3n) is 3.47. The van der Waals surface area contributed by atoms with Gasteiger partial charge in [0, 0.05) is 17.2 Å². The standard InChI is InChI=1S/C17H11ClN2O2/c18-15-8-7-14(10-16(15)20(21)22)17(19)13-6-5-11-3-1-2-4-12(11)9-13/h1-10,19H. The van der Waals surface area contributed by atoms with Gasteiger partial charge in [0.25, 0.3) is 5.69 Å². The molecule has 0 aliphatic carbocycles. The molecule has 0 fully saturated rings. The minimum Gasteiger partial charge on any atom is -0.300 e. The van der Waals surface area contributed by atoms with Gasteiger partial charge in [-0.3, -0.25) is 15.5 Å². The Morgan fingerprint density at radius 1 is 0.955 bits per heavy atom. The second-order valence-corrected chi connectivity index (χ2v) is 5.27. The van der Waals surface area contributed by atoms with Gasteiger partial charge in [0.2, 0.25) is 0 Å². The Balaban J connectivity index is 2.05. The lowest BCUT2D eigenvalue weighted by Crippen LogP contribution is -2.02. The smallest absolute Gasteiger partial charge is 0.288 e. The van der Waals surface area contributed by atoms with Crippen molar-refractivity contribution < 1.29 is 4.92 Å². The number of nitro groups is 1. The summed E-state index contributed by atoms with van der Waals surface area (Å²) in [4.78, 5) is 10.4. The highest BCUT2D eigenvalue weighted by Gasteiger charge is 2.15. The minimum atomic E-state index is -0.542. The molecule has 0 saturated heterocycles. The molecule has 0 bridgehead atoms. The molecule has 3 aromatic carbocycles. The summed E-state index contributed by atoms with van der Waals surface area (Å²) in [6.07, 6.45) is 0. The number of fused-ring (bicyclic) bond motifs is 1. The van der Waals surface area contributed by atoms with Crippen LogP contribution in [0.3, 0.4) is 0 Å². The van der Waals surface area contributed by atoms with Gasteiger partial charge in [-0.15, -0.1) is 0 Å². The quantitative estimate of drug-likeness (QED) is 0.428. The molecule has 0 radical (unpaired) electrons. The number of halogens is 1. The predicted octanol–water partition coefficient (Wildman–Crippen LogP) is 4.82. The van der Waals surface area contributed by atoms with E-state index in [4.69, 9.17) is 17.0 Å². The molecular formula is C17H11ClN2O2. The Hall–Kier alpha value is -2.72. The predicted molar refractivity (Wildman–Crippen MR) is 88.0 cm³/mol. The molecule has 0 aliphatic heterocycles. The summed E-state index contributed by atoms with van der Waals surface area (Å²) in [7, 11) is 0. The summed E-state index contributed by atoms with van der Waals surface area (Å²) < 4.78 is 0. The van der Waals surface area contributed by atoms with Crippen molar-refractivity contribution in [3.8, 4) is 0 Å². The van der Waals surface area contributed by atoms with E-state index >= 15 is 0 Å². The lowest BCUT2D eigenvalue weighted by molar-refractivity contribution is -0.384. The Bertz CT molecular complexity index is 906. The van der Waals surface area contributed by atoms with Crippen molar-refractivity contribution in [2.45, 2.75) is 0 Å². The van der Waals surface area contributed by atoms with E-state index in [0.29, 0.717) is 11.1 Å². The van der Waals surface area contributed by atoms with Gasteiger partial charge < -0.3 is 0 Å². The maximum Gasteiger partial charge on any atom is 0.288 e. The first-order chi connectivity index (χ1) is 10.6. The van der Waals surface area contributed by atoms with Crippen molar-refractivity contribution in [3.05, 3.63) is 86.9 Å². The van der Waals surface area contributed by atoms with Crippen molar-refractivity contribution in [2.24, 2.45) is 0 Å². The highest BCUT2D eigenvalue weighted by molar-refractivity contribution is 6.32. The Kier molecular flexibility index (Phi) is 3.61. The van der Waals surface area contributed by atoms with Gasteiger partial charge in [-0.1, -0.05) is 54.1 Å². The summed E-state index contributed by atoms with van der Waals surface area (Å²) in [5.41, 5.74) is 1.21. The van der Waals surface area contributed by atoms with E-state index in [0.717, 1.165) is 10.8 Å². The van der Waals surface area contributed by atoms with Crippen molar-refractivity contribution >= 4 is 33.8 Å². The maximum atomic E-state index is 11.0. The summed E-state index contributed by atoms with van der Waals surface area (Å²) in [6.45, 7) is 0. The second-order valence-electron chi connectivity index (χ2n) is 4.86. The molecule has 3 rings (SSSR count). The van der Waals surface area contributed by atoms with Crippen LogP contribution in [0, 0.1) is 15.5 Å². The first-order valence-corrected chi connectivity index (χ1v) is 6.96. The largest absolute Gasteiger partial charge is 0.300 e. The molecule has 5 heteroatoms. The third-order valence-corrected chi connectivity index (χ3v) is 3.79. The van der Waals surface area contributed by atoms with Gasteiger partial charge in [0.15, 0.2) is 0 Å². The zero-order valence-corrected chi connectivity index (χ0v) is 12.2. The summed E-state index contributed by atoms with van der Waals surface area (Å²) in [5.74, 6) is 0. The van der Waals surface area contributed by atoms with E-state index in [1.54, 1.807) is 6.07 Å². The molecular weight excluding hydrogens is 300 g/mol. The number of nitrogens with zero attached hydrogens (tertiary/aromatic N) is 1. The van der Waals surface area contributed by atoms with Crippen LogP contribution in [-0.4, -0.2) is 10.6 Å². The van der Waals surface area contributed by atoms with Crippen LogP contribution >= 0.6 is 11.6 Å². The number of hydrogen-bond donors (Lipinski definition) is 1. The summed E-state index contributed by atoms with van der Waals surface area (Å²) in [6, 6.07) is 17.9. The lowest BCUT2D eigenvalue weighted by atomic mass is 9.99. The molecule has 0 spiro atoms. The van der Waals surface area contributed by atoms with Crippen molar-refractivity contribution in [3.63, 3.8) is 0 Å². The fourth-order valence-corrected chi connectivity index (χ4v) is 2.51. The van der Waals surface area contributed by atoms with E-state index in [1.807, 2.05) is 42.5 Å². The average molecular weight is 311 g/mol. The number of hydrogen-bond acceptors (Lipinski definition) is 3. The monoisotopic (exact) mass is 310 g/mol. The number of nitro benzene ring substituents is 1. The zero-order valence-electron chi connectivity index (χ0n) is 11.4. The molecule has 22 heavy (non-hydrogen) atoms. The fraction of sp³-hybridized carbons (Fsp3) is 0. The molecule has 0 atom stereocenters. The van der Waals surface area contributed by atoms with Crippen LogP contribution in [0.25, 0.3) is 10.8 Å². The number of nitrogens with one attached hydrogen (secondary N) is 1. The van der Waals surface area contributed by atoms with Crippen LogP contribution in [0.5, 0.6) is 0 Å². The van der Waals surface area contributed by atoms with E-state index in [-0.39, 0.29) is 16.4 Å². The molecule has 0 amide bonds. The normalized spacial score (nSPS) is 10.6. The zero-order chi connectivity index (χ0) is 15.7. The molecule has 3 aromatic rings. The SMILES string of the molecule is N=C(c1ccc(Cl)c([N+](=O)[O-])c1)c1ccc2ccccc2c1. The van der Waals surface area contributed by atoms with Crippen LogP contribution in [0.4, 0.5) is 5.69 Å². The third kappa shape index (κ3) is 2.56. The molecule has 0 aromatic heterocycles. The van der Waals surface area contributed by atoms with Gasteiger partial charge >= 0.3 is 0 Å². The molecule has 0 heterocycles. The van der Waals surface area contributed by atoms with Crippen LogP contribution < -0.4 is 0 Å². The van der Waals surface area contributed by atoms with Gasteiger partial charge in [-0.25, -0.2) is 0 Å². The molecule has 4 nitrogen and oxygen atoms in total. The van der Waals surface area contributed by atoms with E-state index in [9.17, 15) is 10.1 Å². The molecule has 108 valence electrons. The van der Waals surface area contributed by atoms with Crippen LogP contribution in [0.2, 0.25) is 5.02 Å². The fourth-order valence-electron chi connectivity index (χ4n) is 2.32. The summed E-state index contributed by atoms with van der Waals surface area (Å²) in [5, 5.41) is 21.4. The van der Waals surface area contributed by atoms with E-state index in [1.165, 1.54) is 12.1 Å². The first kappa shape index (κ1) is 14.2. The minimum absolute atomic E-state index is 0.0695. The van der Waals surface area contributed by atoms with Crippen LogP contribution in [-0.2, 0) is 0 Å². The number of benzene rings is 3. The average Bonchev–Trinajstić information content (AvgIpc) is 2.54.